The monoisotopic (exact) mass is 292 g/mol. The molecule has 2 heterocycles. The number of nitrogens with zero attached hydrogens (tertiary/aromatic N) is 1. The van der Waals surface area contributed by atoms with Crippen LogP contribution in [0.5, 0.6) is 0 Å². The number of esters is 1. The summed E-state index contributed by atoms with van der Waals surface area (Å²) in [6, 6.07) is 0.243. The number of likely N-dealkylation sites (tertiary alicyclic amines) is 1. The molecule has 0 saturated carbocycles. The van der Waals surface area contributed by atoms with E-state index in [4.69, 9.17) is 4.74 Å². The quantitative estimate of drug-likeness (QED) is 0.871. The fourth-order valence-corrected chi connectivity index (χ4v) is 3.35. The van der Waals surface area contributed by atoms with Gasteiger partial charge < -0.3 is 14.6 Å². The molecular formula is C16H24N2O3. The summed E-state index contributed by atoms with van der Waals surface area (Å²) in [7, 11) is 1.35. The van der Waals surface area contributed by atoms with Crippen molar-refractivity contribution in [3.8, 4) is 0 Å². The molecule has 1 aliphatic heterocycles. The predicted octanol–water partition coefficient (Wildman–Crippen LogP) is 2.68. The highest BCUT2D eigenvalue weighted by atomic mass is 16.5. The van der Waals surface area contributed by atoms with Gasteiger partial charge in [0.15, 0.2) is 0 Å². The maximum absolute atomic E-state index is 12.8. The fourth-order valence-electron chi connectivity index (χ4n) is 3.35. The number of hydrogen-bond acceptors (Lipinski definition) is 3. The number of rotatable bonds is 3. The number of aryl methyl sites for hydroxylation is 1. The zero-order valence-corrected chi connectivity index (χ0v) is 13.4. The van der Waals surface area contributed by atoms with Gasteiger partial charge in [-0.1, -0.05) is 13.3 Å². The number of methoxy groups -OCH3 is 1. The molecule has 21 heavy (non-hydrogen) atoms. The average molecular weight is 292 g/mol. The minimum absolute atomic E-state index is 0.0193. The number of carbonyl (C=O) groups is 2. The fraction of sp³-hybridized carbons (Fsp3) is 0.625. The van der Waals surface area contributed by atoms with Gasteiger partial charge in [0.2, 0.25) is 0 Å². The Balaban J connectivity index is 2.31. The van der Waals surface area contributed by atoms with Gasteiger partial charge in [-0.25, -0.2) is 4.79 Å². The Labute approximate surface area is 125 Å². The smallest absolute Gasteiger partial charge is 0.339 e. The SMILES string of the molecule is CCC1CCN(C(=O)c2[nH]c(C)c(C(=O)OC)c2C)C1C. The van der Waals surface area contributed by atoms with Crippen LogP contribution < -0.4 is 0 Å². The topological polar surface area (TPSA) is 62.4 Å². The van der Waals surface area contributed by atoms with Crippen LogP contribution in [0.4, 0.5) is 0 Å². The maximum atomic E-state index is 12.8. The van der Waals surface area contributed by atoms with Crippen molar-refractivity contribution in [1.82, 2.24) is 9.88 Å². The first kappa shape index (κ1) is 15.6. The highest BCUT2D eigenvalue weighted by molar-refractivity contribution is 6.00. The molecule has 1 aromatic heterocycles. The number of aromatic amines is 1. The lowest BCUT2D eigenvalue weighted by atomic mass is 9.99. The van der Waals surface area contributed by atoms with Gasteiger partial charge in [0, 0.05) is 18.3 Å². The van der Waals surface area contributed by atoms with E-state index in [-0.39, 0.29) is 11.9 Å². The summed E-state index contributed by atoms with van der Waals surface area (Å²) in [5.41, 5.74) is 2.34. The molecule has 0 radical (unpaired) electrons. The summed E-state index contributed by atoms with van der Waals surface area (Å²) in [5.74, 6) is 0.140. The van der Waals surface area contributed by atoms with Crippen LogP contribution in [0.1, 0.15) is 58.8 Å². The third-order valence-corrected chi connectivity index (χ3v) is 4.74. The van der Waals surface area contributed by atoms with Crippen LogP contribution in [0.25, 0.3) is 0 Å². The summed E-state index contributed by atoms with van der Waals surface area (Å²) in [4.78, 5) is 29.5. The molecule has 5 heteroatoms. The van der Waals surface area contributed by atoms with Crippen molar-refractivity contribution in [1.29, 1.82) is 0 Å². The van der Waals surface area contributed by atoms with Crippen molar-refractivity contribution in [2.75, 3.05) is 13.7 Å². The van der Waals surface area contributed by atoms with Crippen LogP contribution in [0.3, 0.4) is 0 Å². The second kappa shape index (κ2) is 5.92. The van der Waals surface area contributed by atoms with Gasteiger partial charge in [-0.05, 0) is 38.7 Å². The zero-order valence-electron chi connectivity index (χ0n) is 13.4. The van der Waals surface area contributed by atoms with Crippen molar-refractivity contribution in [2.24, 2.45) is 5.92 Å². The molecule has 0 spiro atoms. The average Bonchev–Trinajstić information content (AvgIpc) is 2.97. The van der Waals surface area contributed by atoms with Gasteiger partial charge in [-0.2, -0.15) is 0 Å². The number of carbonyl (C=O) groups excluding carboxylic acids is 2. The van der Waals surface area contributed by atoms with E-state index in [0.717, 1.165) is 19.4 Å². The van der Waals surface area contributed by atoms with E-state index >= 15 is 0 Å². The third kappa shape index (κ3) is 2.57. The van der Waals surface area contributed by atoms with E-state index in [0.29, 0.717) is 28.4 Å². The summed E-state index contributed by atoms with van der Waals surface area (Å²) in [5, 5.41) is 0. The van der Waals surface area contributed by atoms with Gasteiger partial charge in [0.1, 0.15) is 5.69 Å². The minimum atomic E-state index is -0.402. The van der Waals surface area contributed by atoms with Gasteiger partial charge in [-0.3, -0.25) is 4.79 Å². The predicted molar refractivity (Wildman–Crippen MR) is 80.5 cm³/mol. The molecule has 0 aliphatic carbocycles. The summed E-state index contributed by atoms with van der Waals surface area (Å²) in [6.07, 6.45) is 2.13. The molecule has 1 amide bonds. The molecule has 2 rings (SSSR count). The number of ether oxygens (including phenoxy) is 1. The van der Waals surface area contributed by atoms with Crippen molar-refractivity contribution in [3.63, 3.8) is 0 Å². The van der Waals surface area contributed by atoms with Crippen LogP contribution in [0.2, 0.25) is 0 Å². The molecule has 116 valence electrons. The number of amides is 1. The second-order valence-electron chi connectivity index (χ2n) is 5.81. The van der Waals surface area contributed by atoms with Gasteiger partial charge in [-0.15, -0.1) is 0 Å². The highest BCUT2D eigenvalue weighted by Crippen LogP contribution is 2.29. The first-order chi connectivity index (χ1) is 9.92. The summed E-state index contributed by atoms with van der Waals surface area (Å²) in [6.45, 7) is 8.63. The van der Waals surface area contributed by atoms with Gasteiger partial charge in [0.25, 0.3) is 5.91 Å². The highest BCUT2D eigenvalue weighted by Gasteiger charge is 2.35. The Morgan fingerprint density at radius 3 is 2.57 bits per heavy atom. The van der Waals surface area contributed by atoms with E-state index in [1.165, 1.54) is 7.11 Å². The molecule has 1 saturated heterocycles. The minimum Gasteiger partial charge on any atom is -0.465 e. The zero-order chi connectivity index (χ0) is 15.7. The number of nitrogens with one attached hydrogen (secondary N) is 1. The Kier molecular flexibility index (Phi) is 4.40. The normalized spacial score (nSPS) is 21.7. The molecule has 2 atom stereocenters. The first-order valence-corrected chi connectivity index (χ1v) is 7.50. The molecule has 1 aromatic rings. The van der Waals surface area contributed by atoms with Crippen LogP contribution in [-0.2, 0) is 4.74 Å². The molecule has 0 bridgehead atoms. The first-order valence-electron chi connectivity index (χ1n) is 7.50. The summed E-state index contributed by atoms with van der Waals surface area (Å²) < 4.78 is 4.79. The van der Waals surface area contributed by atoms with Crippen LogP contribution in [0, 0.1) is 19.8 Å². The molecule has 1 fully saturated rings. The Morgan fingerprint density at radius 1 is 1.38 bits per heavy atom. The van der Waals surface area contributed by atoms with Crippen LogP contribution >= 0.6 is 0 Å². The van der Waals surface area contributed by atoms with E-state index in [9.17, 15) is 9.59 Å². The summed E-state index contributed by atoms with van der Waals surface area (Å²) >= 11 is 0. The maximum Gasteiger partial charge on any atom is 0.339 e. The van der Waals surface area contributed by atoms with Crippen LogP contribution in [0.15, 0.2) is 0 Å². The van der Waals surface area contributed by atoms with E-state index in [1.54, 1.807) is 13.8 Å². The molecule has 0 aromatic carbocycles. The molecule has 1 N–H and O–H groups in total. The van der Waals surface area contributed by atoms with Crippen molar-refractivity contribution < 1.29 is 14.3 Å². The van der Waals surface area contributed by atoms with Crippen molar-refractivity contribution in [3.05, 3.63) is 22.5 Å². The van der Waals surface area contributed by atoms with E-state index in [1.807, 2.05) is 4.90 Å². The van der Waals surface area contributed by atoms with Crippen LogP contribution in [-0.4, -0.2) is 41.5 Å². The molecule has 5 nitrogen and oxygen atoms in total. The Morgan fingerprint density at radius 2 is 2.05 bits per heavy atom. The standard InChI is InChI=1S/C16H24N2O3/c1-6-12-7-8-18(11(12)4)15(19)14-9(2)13(10(3)17-14)16(20)21-5/h11-12,17H,6-8H2,1-5H3. The van der Waals surface area contributed by atoms with E-state index < -0.39 is 5.97 Å². The van der Waals surface area contributed by atoms with Crippen molar-refractivity contribution >= 4 is 11.9 Å². The second-order valence-corrected chi connectivity index (χ2v) is 5.81. The van der Waals surface area contributed by atoms with Gasteiger partial charge in [0.05, 0.1) is 12.7 Å². The molecule has 2 unspecified atom stereocenters. The lowest BCUT2D eigenvalue weighted by Crippen LogP contribution is -2.36. The number of H-pyrrole nitrogens is 1. The lowest BCUT2D eigenvalue weighted by Gasteiger charge is -2.24. The Hall–Kier alpha value is -1.78. The third-order valence-electron chi connectivity index (χ3n) is 4.74. The van der Waals surface area contributed by atoms with E-state index in [2.05, 4.69) is 18.8 Å². The molecule has 1 aliphatic rings. The van der Waals surface area contributed by atoms with Crippen molar-refractivity contribution in [2.45, 2.75) is 46.6 Å². The number of aromatic nitrogens is 1. The molecular weight excluding hydrogens is 268 g/mol. The Bertz CT molecular complexity index is 562. The van der Waals surface area contributed by atoms with Gasteiger partial charge >= 0.3 is 5.97 Å². The number of hydrogen-bond donors (Lipinski definition) is 1. The largest absolute Gasteiger partial charge is 0.465 e. The lowest BCUT2D eigenvalue weighted by molar-refractivity contribution is 0.0599.